The van der Waals surface area contributed by atoms with Gasteiger partial charge in [-0.25, -0.2) is 0 Å². The first-order valence-corrected chi connectivity index (χ1v) is 4.38. The van der Waals surface area contributed by atoms with Crippen LogP contribution in [-0.4, -0.2) is 18.6 Å². The van der Waals surface area contributed by atoms with Gasteiger partial charge in [-0.2, -0.15) is 5.26 Å². The van der Waals surface area contributed by atoms with Crippen LogP contribution in [-0.2, 0) is 0 Å². The Balaban J connectivity index is 0. The van der Waals surface area contributed by atoms with Crippen molar-refractivity contribution in [3.05, 3.63) is 0 Å². The number of nitrogens with zero attached hydrogens (tertiary/aromatic N) is 1. The summed E-state index contributed by atoms with van der Waals surface area (Å²) in [6.07, 6.45) is 0. The van der Waals surface area contributed by atoms with Gasteiger partial charge in [0, 0.05) is 0 Å². The lowest BCUT2D eigenvalue weighted by atomic mass is 11.8. The first-order valence-electron chi connectivity index (χ1n) is 1.03. The summed E-state index contributed by atoms with van der Waals surface area (Å²) in [7, 11) is 0.963. The molecular formula is CH5AlN2OS. The molecule has 0 atom stereocenters. The van der Waals surface area contributed by atoms with Gasteiger partial charge < -0.3 is 10.3 Å². The Hall–Kier alpha value is 0.292. The largest absolute Gasteiger partial charge is 0.537 e. The van der Waals surface area contributed by atoms with Crippen LogP contribution >= 0.6 is 10.1 Å². The van der Waals surface area contributed by atoms with Crippen LogP contribution in [0.25, 0.3) is 0 Å². The standard InChI is InChI=1S/CHNS.Al.H3N.H2O.H/c2-1-3;;;;/h3H;;1H3;1H2;/q;+2;;;/p-2. The zero-order chi connectivity index (χ0) is 4.12. The van der Waals surface area contributed by atoms with Crippen molar-refractivity contribution in [2.24, 2.45) is 0 Å². The van der Waals surface area contributed by atoms with Gasteiger partial charge in [0.05, 0.1) is 0 Å². The molecule has 6 heavy (non-hydrogen) atoms. The monoisotopic (exact) mass is 120 g/mol. The van der Waals surface area contributed by atoms with E-state index in [2.05, 4.69) is 0 Å². The predicted octanol–water partition coefficient (Wildman–Crippen LogP) is -0.379. The summed E-state index contributed by atoms with van der Waals surface area (Å²) in [6.45, 7) is 0. The van der Waals surface area contributed by atoms with Crippen molar-refractivity contribution in [2.45, 2.75) is 0 Å². The third kappa shape index (κ3) is 8.85. The average Bonchev–Trinajstić information content (AvgIpc) is 1.41. The van der Waals surface area contributed by atoms with Gasteiger partial charge in [-0.15, -0.1) is 10.1 Å². The Labute approximate surface area is 46.0 Å². The fourth-order valence-corrected chi connectivity index (χ4v) is 0.260. The van der Waals surface area contributed by atoms with E-state index in [1.165, 1.54) is 0 Å². The number of hydrogen-bond donors (Lipinski definition) is 2. The number of rotatable bonds is 1. The number of hydrogen-bond acceptors (Lipinski definition) is 4. The highest BCUT2D eigenvalue weighted by Crippen LogP contribution is 1.83. The summed E-state index contributed by atoms with van der Waals surface area (Å²) in [4.78, 5) is 0. The summed E-state index contributed by atoms with van der Waals surface area (Å²) >= 11 is -1.03. The highest BCUT2D eigenvalue weighted by molar-refractivity contribution is 8.25. The van der Waals surface area contributed by atoms with E-state index in [0.717, 1.165) is 10.1 Å². The summed E-state index contributed by atoms with van der Waals surface area (Å²) in [6, 6.07) is 0. The smallest absolute Gasteiger partial charge is 0.510 e. The van der Waals surface area contributed by atoms with Gasteiger partial charge in [-0.05, 0) is 0 Å². The molecule has 0 rings (SSSR count). The van der Waals surface area contributed by atoms with Gasteiger partial charge in [-0.1, -0.05) is 0 Å². The van der Waals surface area contributed by atoms with Crippen LogP contribution in [0.3, 0.4) is 0 Å². The maximum Gasteiger partial charge on any atom is 0.537 e. The molecule has 0 unspecified atom stereocenters. The van der Waals surface area contributed by atoms with Crippen molar-refractivity contribution >= 4 is 24.5 Å². The molecule has 34 valence electrons. The minimum atomic E-state index is -1.03. The lowest BCUT2D eigenvalue weighted by Gasteiger charge is -1.60. The van der Waals surface area contributed by atoms with Gasteiger partial charge in [0.1, 0.15) is 5.40 Å². The molecule has 3 nitrogen and oxygen atoms in total. The van der Waals surface area contributed by atoms with Gasteiger partial charge in [0.2, 0.25) is 0 Å². The van der Waals surface area contributed by atoms with Crippen LogP contribution in [0.4, 0.5) is 0 Å². The molecule has 0 aromatic heterocycles. The van der Waals surface area contributed by atoms with Gasteiger partial charge in [0.15, 0.2) is 0 Å². The van der Waals surface area contributed by atoms with Crippen LogP contribution in [0.5, 0.6) is 0 Å². The van der Waals surface area contributed by atoms with E-state index in [1.807, 2.05) is 0 Å². The molecule has 0 fully saturated rings. The molecule has 0 aliphatic carbocycles. The van der Waals surface area contributed by atoms with Crippen LogP contribution in [0.2, 0.25) is 0 Å². The van der Waals surface area contributed by atoms with E-state index < -0.39 is 14.4 Å². The molecule has 0 radical (unpaired) electrons. The second kappa shape index (κ2) is 9.00. The molecule has 0 bridgehead atoms. The Morgan fingerprint density at radius 3 is 2.33 bits per heavy atom. The molecule has 0 aliphatic rings. The Bertz CT molecular complexity index is 52.0. The van der Waals surface area contributed by atoms with Gasteiger partial charge >= 0.3 is 14.4 Å². The molecule has 0 aromatic carbocycles. The van der Waals surface area contributed by atoms with Crippen LogP contribution in [0, 0.1) is 10.7 Å². The molecule has 0 aliphatic heterocycles. The SMILES string of the molecule is N.N#C[S][AlH][OH]. The van der Waals surface area contributed by atoms with Crippen molar-refractivity contribution < 1.29 is 4.16 Å². The molecule has 0 spiro atoms. The van der Waals surface area contributed by atoms with Gasteiger partial charge in [-0.3, -0.25) is 0 Å². The molecule has 0 saturated carbocycles. The first-order chi connectivity index (χ1) is 2.41. The average molecular weight is 120 g/mol. The second-order valence-corrected chi connectivity index (χ2v) is 2.73. The summed E-state index contributed by atoms with van der Waals surface area (Å²) in [5.41, 5.74) is 0. The molecule has 0 amide bonds. The number of nitriles is 1. The normalized spacial score (nSPS) is 4.67. The molecule has 4 N–H and O–H groups in total. The van der Waals surface area contributed by atoms with Crippen molar-refractivity contribution in [2.75, 3.05) is 0 Å². The molecule has 5 heteroatoms. The van der Waals surface area contributed by atoms with E-state index >= 15 is 0 Å². The van der Waals surface area contributed by atoms with Crippen molar-refractivity contribution in [3.63, 3.8) is 0 Å². The molecule has 0 heterocycles. The second-order valence-electron chi connectivity index (χ2n) is 0.365. The lowest BCUT2D eigenvalue weighted by molar-refractivity contribution is 0.623. The van der Waals surface area contributed by atoms with Crippen molar-refractivity contribution in [3.8, 4) is 5.40 Å². The fourth-order valence-electron chi connectivity index (χ4n) is 0.0289. The van der Waals surface area contributed by atoms with Crippen molar-refractivity contribution in [1.82, 2.24) is 6.15 Å². The third-order valence-corrected chi connectivity index (χ3v) is 1.16. The first kappa shape index (κ1) is 9.57. The van der Waals surface area contributed by atoms with E-state index in [9.17, 15) is 0 Å². The highest BCUT2D eigenvalue weighted by atomic mass is 32.3. The maximum atomic E-state index is 7.95. The summed E-state index contributed by atoms with van der Waals surface area (Å²) < 4.78 is 7.95. The Morgan fingerprint density at radius 2 is 2.33 bits per heavy atom. The van der Waals surface area contributed by atoms with E-state index in [0.29, 0.717) is 0 Å². The minimum absolute atomic E-state index is 0. The molecular weight excluding hydrogens is 115 g/mol. The third-order valence-electron chi connectivity index (χ3n) is 0.129. The number of thiocyanates is 1. The highest BCUT2D eigenvalue weighted by Gasteiger charge is 1.79. The fraction of sp³-hybridized carbons (Fsp3) is 0. The van der Waals surface area contributed by atoms with E-state index in [1.54, 1.807) is 5.40 Å². The van der Waals surface area contributed by atoms with Crippen LogP contribution in [0.1, 0.15) is 0 Å². The summed E-state index contributed by atoms with van der Waals surface area (Å²) in [5.74, 6) is 0. The summed E-state index contributed by atoms with van der Waals surface area (Å²) in [5, 5.41) is 9.40. The Morgan fingerprint density at radius 1 is 1.83 bits per heavy atom. The minimum Gasteiger partial charge on any atom is -0.510 e. The van der Waals surface area contributed by atoms with E-state index in [4.69, 9.17) is 9.42 Å². The zero-order valence-corrected chi connectivity index (χ0v) is 5.45. The van der Waals surface area contributed by atoms with Gasteiger partial charge in [0.25, 0.3) is 0 Å². The molecule has 0 aromatic rings. The van der Waals surface area contributed by atoms with Crippen LogP contribution < -0.4 is 6.15 Å². The lowest BCUT2D eigenvalue weighted by Crippen LogP contribution is -1.69. The zero-order valence-electron chi connectivity index (χ0n) is 3.22. The predicted molar refractivity (Wildman–Crippen MR) is 27.6 cm³/mol. The van der Waals surface area contributed by atoms with Crippen LogP contribution in [0.15, 0.2) is 0 Å². The van der Waals surface area contributed by atoms with E-state index in [-0.39, 0.29) is 6.15 Å². The quantitative estimate of drug-likeness (QED) is 0.365. The topological polar surface area (TPSA) is 79.0 Å². The Kier molecular flexibility index (Phi) is 14.3. The molecule has 0 saturated heterocycles. The maximum absolute atomic E-state index is 7.95. The van der Waals surface area contributed by atoms with Crippen molar-refractivity contribution in [1.29, 1.82) is 5.26 Å².